The third kappa shape index (κ3) is 3.70. The number of piperidine rings is 1. The maximum Gasteiger partial charge on any atom is 0.257 e. The largest absolute Gasteiger partial charge is 0.472 e. The zero-order valence-corrected chi connectivity index (χ0v) is 14.4. The first-order valence-corrected chi connectivity index (χ1v) is 8.50. The molecule has 1 saturated heterocycles. The molecule has 0 spiro atoms. The maximum absolute atomic E-state index is 12.3. The van der Waals surface area contributed by atoms with Crippen LogP contribution in [0.5, 0.6) is 0 Å². The van der Waals surface area contributed by atoms with Crippen molar-refractivity contribution in [2.45, 2.75) is 32.7 Å². The zero-order chi connectivity index (χ0) is 16.9. The number of rotatable bonds is 6. The molecule has 1 amide bonds. The fourth-order valence-electron chi connectivity index (χ4n) is 3.33. The average molecular weight is 331 g/mol. The monoisotopic (exact) mass is 331 g/mol. The molecule has 0 bridgehead atoms. The van der Waals surface area contributed by atoms with Crippen molar-refractivity contribution in [1.82, 2.24) is 14.5 Å². The molecule has 1 fully saturated rings. The van der Waals surface area contributed by atoms with Crippen molar-refractivity contribution in [3.8, 4) is 0 Å². The molecule has 2 aromatic rings. The fourth-order valence-corrected chi connectivity index (χ4v) is 3.33. The highest BCUT2D eigenvalue weighted by molar-refractivity contribution is 5.93. The minimum absolute atomic E-state index is 0.0691. The van der Waals surface area contributed by atoms with E-state index in [4.69, 9.17) is 9.15 Å². The average Bonchev–Trinajstić information content (AvgIpc) is 3.24. The molecule has 3 rings (SSSR count). The molecule has 24 heavy (non-hydrogen) atoms. The molecule has 1 aliphatic heterocycles. The minimum atomic E-state index is 0.0691. The van der Waals surface area contributed by atoms with E-state index in [2.05, 4.69) is 16.5 Å². The van der Waals surface area contributed by atoms with Gasteiger partial charge in [-0.15, -0.1) is 0 Å². The van der Waals surface area contributed by atoms with E-state index in [0.29, 0.717) is 18.1 Å². The molecule has 0 aromatic carbocycles. The van der Waals surface area contributed by atoms with Gasteiger partial charge in [0, 0.05) is 45.1 Å². The van der Waals surface area contributed by atoms with Crippen LogP contribution in [0.1, 0.15) is 34.7 Å². The van der Waals surface area contributed by atoms with Gasteiger partial charge < -0.3 is 18.6 Å². The Morgan fingerprint density at radius 2 is 2.21 bits per heavy atom. The lowest BCUT2D eigenvalue weighted by atomic mass is 9.93. The normalized spacial score (nSPS) is 15.8. The summed E-state index contributed by atoms with van der Waals surface area (Å²) in [5, 5.41) is 0. The number of aromatic nitrogens is 2. The summed E-state index contributed by atoms with van der Waals surface area (Å²) >= 11 is 0. The lowest BCUT2D eigenvalue weighted by Crippen LogP contribution is -2.39. The van der Waals surface area contributed by atoms with Gasteiger partial charge in [-0.3, -0.25) is 4.79 Å². The number of aryl methyl sites for hydroxylation is 1. The summed E-state index contributed by atoms with van der Waals surface area (Å²) in [5.41, 5.74) is 1.81. The molecule has 0 saturated carbocycles. The molecular formula is C18H25N3O3. The molecule has 0 aliphatic carbocycles. The Balaban J connectivity index is 1.55. The summed E-state index contributed by atoms with van der Waals surface area (Å²) in [7, 11) is 1.72. The number of imidazole rings is 1. The summed E-state index contributed by atoms with van der Waals surface area (Å²) in [5.74, 6) is 1.77. The van der Waals surface area contributed by atoms with Crippen LogP contribution in [-0.4, -0.2) is 47.2 Å². The second-order valence-corrected chi connectivity index (χ2v) is 6.41. The molecule has 0 atom stereocenters. The lowest BCUT2D eigenvalue weighted by molar-refractivity contribution is 0.0688. The van der Waals surface area contributed by atoms with Crippen molar-refractivity contribution in [3.05, 3.63) is 41.9 Å². The van der Waals surface area contributed by atoms with Crippen molar-refractivity contribution in [1.29, 1.82) is 0 Å². The Bertz CT molecular complexity index is 655. The number of carbonyl (C=O) groups excluding carboxylic acids is 1. The fraction of sp³-hybridized carbons (Fsp3) is 0.556. The predicted molar refractivity (Wildman–Crippen MR) is 89.9 cm³/mol. The second-order valence-electron chi connectivity index (χ2n) is 6.41. The highest BCUT2D eigenvalue weighted by atomic mass is 16.5. The van der Waals surface area contributed by atoms with Crippen LogP contribution in [0.2, 0.25) is 0 Å². The summed E-state index contributed by atoms with van der Waals surface area (Å²) in [4.78, 5) is 18.8. The third-order valence-corrected chi connectivity index (χ3v) is 4.80. The Morgan fingerprint density at radius 3 is 2.88 bits per heavy atom. The van der Waals surface area contributed by atoms with Gasteiger partial charge in [0.2, 0.25) is 0 Å². The van der Waals surface area contributed by atoms with E-state index in [1.54, 1.807) is 19.4 Å². The highest BCUT2D eigenvalue weighted by Crippen LogP contribution is 2.23. The van der Waals surface area contributed by atoms with Gasteiger partial charge in [-0.1, -0.05) is 0 Å². The van der Waals surface area contributed by atoms with Crippen molar-refractivity contribution in [2.24, 2.45) is 5.92 Å². The van der Waals surface area contributed by atoms with Gasteiger partial charge in [0.05, 0.1) is 18.4 Å². The number of hydrogen-bond acceptors (Lipinski definition) is 4. The topological polar surface area (TPSA) is 60.5 Å². The molecule has 0 radical (unpaired) electrons. The van der Waals surface area contributed by atoms with Gasteiger partial charge in [0.15, 0.2) is 0 Å². The van der Waals surface area contributed by atoms with Crippen LogP contribution < -0.4 is 0 Å². The molecule has 6 heteroatoms. The standard InChI is InChI=1S/C18H25N3O3/c1-14-12-19-17(21(14)8-10-23-2)11-15-3-6-20(7-4-15)18(22)16-5-9-24-13-16/h5,9,12-13,15H,3-4,6-8,10-11H2,1-2H3. The van der Waals surface area contributed by atoms with Crippen molar-refractivity contribution in [3.63, 3.8) is 0 Å². The number of nitrogens with zero attached hydrogens (tertiary/aromatic N) is 3. The van der Waals surface area contributed by atoms with E-state index in [0.717, 1.165) is 44.7 Å². The van der Waals surface area contributed by atoms with Crippen molar-refractivity contribution >= 4 is 5.91 Å². The van der Waals surface area contributed by atoms with Crippen molar-refractivity contribution in [2.75, 3.05) is 26.8 Å². The van der Waals surface area contributed by atoms with E-state index in [9.17, 15) is 4.79 Å². The molecule has 6 nitrogen and oxygen atoms in total. The van der Waals surface area contributed by atoms with Gasteiger partial charge in [-0.2, -0.15) is 0 Å². The third-order valence-electron chi connectivity index (χ3n) is 4.80. The van der Waals surface area contributed by atoms with Crippen LogP contribution in [0.4, 0.5) is 0 Å². The number of furan rings is 1. The maximum atomic E-state index is 12.3. The number of amides is 1. The van der Waals surface area contributed by atoms with Crippen LogP contribution in [0, 0.1) is 12.8 Å². The molecule has 130 valence electrons. The van der Waals surface area contributed by atoms with Crippen LogP contribution in [0.25, 0.3) is 0 Å². The number of ether oxygens (including phenoxy) is 1. The van der Waals surface area contributed by atoms with Gasteiger partial charge in [0.25, 0.3) is 5.91 Å². The summed E-state index contributed by atoms with van der Waals surface area (Å²) in [6.07, 6.45) is 7.99. The first-order chi connectivity index (χ1) is 11.7. The number of carbonyl (C=O) groups is 1. The highest BCUT2D eigenvalue weighted by Gasteiger charge is 2.25. The van der Waals surface area contributed by atoms with Gasteiger partial charge in [0.1, 0.15) is 12.1 Å². The van der Waals surface area contributed by atoms with Crippen LogP contribution in [0.3, 0.4) is 0 Å². The smallest absolute Gasteiger partial charge is 0.257 e. The molecule has 2 aromatic heterocycles. The predicted octanol–water partition coefficient (Wildman–Crippen LogP) is 2.53. The molecule has 0 N–H and O–H groups in total. The number of methoxy groups -OCH3 is 1. The SMILES string of the molecule is COCCn1c(C)cnc1CC1CCN(C(=O)c2ccoc2)CC1. The molecule has 1 aliphatic rings. The van der Waals surface area contributed by atoms with Crippen LogP contribution in [-0.2, 0) is 17.7 Å². The van der Waals surface area contributed by atoms with E-state index >= 15 is 0 Å². The van der Waals surface area contributed by atoms with Gasteiger partial charge >= 0.3 is 0 Å². The Morgan fingerprint density at radius 1 is 1.42 bits per heavy atom. The Hall–Kier alpha value is -2.08. The Labute approximate surface area is 142 Å². The molecule has 3 heterocycles. The van der Waals surface area contributed by atoms with Crippen molar-refractivity contribution < 1.29 is 13.9 Å². The molecule has 0 unspecified atom stereocenters. The van der Waals surface area contributed by atoms with E-state index in [-0.39, 0.29) is 5.91 Å². The van der Waals surface area contributed by atoms with E-state index in [1.165, 1.54) is 12.0 Å². The summed E-state index contributed by atoms with van der Waals surface area (Å²) in [6, 6.07) is 1.73. The summed E-state index contributed by atoms with van der Waals surface area (Å²) < 4.78 is 12.4. The van der Waals surface area contributed by atoms with Crippen LogP contribution in [0.15, 0.2) is 29.2 Å². The summed E-state index contributed by atoms with van der Waals surface area (Å²) in [6.45, 7) is 5.22. The second kappa shape index (κ2) is 7.66. The number of hydrogen-bond donors (Lipinski definition) is 0. The molecular weight excluding hydrogens is 306 g/mol. The first kappa shape index (κ1) is 16.8. The van der Waals surface area contributed by atoms with Crippen LogP contribution >= 0.6 is 0 Å². The quantitative estimate of drug-likeness (QED) is 0.816. The zero-order valence-electron chi connectivity index (χ0n) is 14.4. The van der Waals surface area contributed by atoms with Gasteiger partial charge in [-0.25, -0.2) is 4.98 Å². The van der Waals surface area contributed by atoms with E-state index < -0.39 is 0 Å². The Kier molecular flexibility index (Phi) is 5.35. The van der Waals surface area contributed by atoms with E-state index in [1.807, 2.05) is 11.1 Å². The lowest BCUT2D eigenvalue weighted by Gasteiger charge is -2.31. The number of likely N-dealkylation sites (tertiary alicyclic amines) is 1. The minimum Gasteiger partial charge on any atom is -0.472 e. The van der Waals surface area contributed by atoms with Gasteiger partial charge in [-0.05, 0) is 31.7 Å². The first-order valence-electron chi connectivity index (χ1n) is 8.50.